The molecule has 0 radical (unpaired) electrons. The number of aryl methyl sites for hydroxylation is 1. The van der Waals surface area contributed by atoms with Gasteiger partial charge in [-0.3, -0.25) is 0 Å². The van der Waals surface area contributed by atoms with Gasteiger partial charge in [-0.05, 0) is 78.8 Å². The van der Waals surface area contributed by atoms with E-state index in [0.717, 1.165) is 36.1 Å². The van der Waals surface area contributed by atoms with Crippen molar-refractivity contribution in [2.75, 3.05) is 0 Å². The minimum absolute atomic E-state index is 0.208. The molecule has 3 heterocycles. The minimum atomic E-state index is -0.377. The van der Waals surface area contributed by atoms with Gasteiger partial charge in [0, 0.05) is 23.2 Å². The lowest BCUT2D eigenvalue weighted by atomic mass is 9.95. The average Bonchev–Trinajstić information content (AvgIpc) is 3.46. The predicted molar refractivity (Wildman–Crippen MR) is 133 cm³/mol. The van der Waals surface area contributed by atoms with Crippen molar-refractivity contribution in [3.63, 3.8) is 0 Å². The van der Waals surface area contributed by atoms with E-state index in [-0.39, 0.29) is 23.7 Å². The topological polar surface area (TPSA) is 37.3 Å². The maximum Gasteiger partial charge on any atom is 0.318 e. The summed E-state index contributed by atoms with van der Waals surface area (Å²) in [7, 11) is 0. The monoisotopic (exact) mass is 489 g/mol. The Morgan fingerprint density at radius 3 is 2.43 bits per heavy atom. The van der Waals surface area contributed by atoms with Crippen molar-refractivity contribution in [1.82, 2.24) is 14.8 Å². The lowest BCUT2D eigenvalue weighted by Gasteiger charge is -2.31. The Hall–Kier alpha value is -3.45. The van der Waals surface area contributed by atoms with E-state index in [9.17, 15) is 13.6 Å². The Balaban J connectivity index is 1.42. The number of carbonyl (C=O) groups excluding carboxylic acids is 1. The molecule has 0 saturated carbocycles. The number of fused-ring (bicyclic) bond motifs is 5. The van der Waals surface area contributed by atoms with Gasteiger partial charge in [0.15, 0.2) is 0 Å². The van der Waals surface area contributed by atoms with Crippen LogP contribution >= 0.6 is 11.3 Å². The Kier molecular flexibility index (Phi) is 5.65. The van der Waals surface area contributed by atoms with Gasteiger partial charge in [0.2, 0.25) is 0 Å². The van der Waals surface area contributed by atoms with Gasteiger partial charge < -0.3 is 14.8 Å². The molecule has 4 nitrogen and oxygen atoms in total. The van der Waals surface area contributed by atoms with Gasteiger partial charge in [-0.1, -0.05) is 24.3 Å². The van der Waals surface area contributed by atoms with E-state index < -0.39 is 0 Å². The van der Waals surface area contributed by atoms with Crippen LogP contribution in [0.15, 0.2) is 66.9 Å². The zero-order chi connectivity index (χ0) is 23.9. The van der Waals surface area contributed by atoms with Crippen molar-refractivity contribution >= 4 is 17.4 Å². The minimum Gasteiger partial charge on any atom is -0.334 e. The average molecular weight is 490 g/mol. The molecule has 1 atom stereocenters. The van der Waals surface area contributed by atoms with Crippen LogP contribution in [0.4, 0.5) is 13.6 Å². The summed E-state index contributed by atoms with van der Waals surface area (Å²) in [5.41, 5.74) is 5.25. The molecule has 178 valence electrons. The summed E-state index contributed by atoms with van der Waals surface area (Å²) < 4.78 is 29.3. The molecule has 2 amide bonds. The van der Waals surface area contributed by atoms with Gasteiger partial charge >= 0.3 is 6.03 Å². The zero-order valence-corrected chi connectivity index (χ0v) is 20.0. The number of nitrogens with one attached hydrogen (secondary N) is 1. The first-order chi connectivity index (χ1) is 17.1. The molecule has 4 aromatic rings. The van der Waals surface area contributed by atoms with E-state index in [1.165, 1.54) is 51.7 Å². The van der Waals surface area contributed by atoms with Crippen LogP contribution in [0.2, 0.25) is 0 Å². The molecular formula is C28H25F2N3OS. The number of nitrogens with zero attached hydrogens (tertiary/aromatic N) is 2. The number of aromatic nitrogens is 1. The lowest BCUT2D eigenvalue weighted by Crippen LogP contribution is -2.41. The molecule has 6 rings (SSSR count). The fourth-order valence-electron chi connectivity index (χ4n) is 5.26. The largest absolute Gasteiger partial charge is 0.334 e. The third-order valence-corrected chi connectivity index (χ3v) is 8.32. The molecule has 7 heteroatoms. The first-order valence-electron chi connectivity index (χ1n) is 11.9. The van der Waals surface area contributed by atoms with E-state index >= 15 is 0 Å². The van der Waals surface area contributed by atoms with Crippen molar-refractivity contribution in [3.8, 4) is 5.00 Å². The second-order valence-corrected chi connectivity index (χ2v) is 10.2. The number of thiophene rings is 1. The molecule has 1 aliphatic carbocycles. The zero-order valence-electron chi connectivity index (χ0n) is 19.1. The first kappa shape index (κ1) is 22.0. The van der Waals surface area contributed by atoms with E-state index in [1.807, 2.05) is 28.4 Å². The molecular weight excluding hydrogens is 464 g/mol. The van der Waals surface area contributed by atoms with Crippen molar-refractivity contribution in [1.29, 1.82) is 0 Å². The van der Waals surface area contributed by atoms with Gasteiger partial charge in [-0.25, -0.2) is 13.6 Å². The first-order valence-corrected chi connectivity index (χ1v) is 12.8. The van der Waals surface area contributed by atoms with Gasteiger partial charge in [-0.2, -0.15) is 0 Å². The third kappa shape index (κ3) is 4.04. The van der Waals surface area contributed by atoms with Crippen LogP contribution in [0.1, 0.15) is 51.7 Å². The van der Waals surface area contributed by atoms with Gasteiger partial charge in [0.05, 0.1) is 18.3 Å². The molecule has 35 heavy (non-hydrogen) atoms. The number of hydrogen-bond donors (Lipinski definition) is 1. The molecule has 0 fully saturated rings. The van der Waals surface area contributed by atoms with Crippen LogP contribution in [-0.2, 0) is 25.9 Å². The number of urea groups is 1. The van der Waals surface area contributed by atoms with Crippen LogP contribution in [0, 0.1) is 11.6 Å². The Morgan fingerprint density at radius 2 is 1.66 bits per heavy atom. The van der Waals surface area contributed by atoms with E-state index in [4.69, 9.17) is 0 Å². The number of benzene rings is 2. The molecule has 1 aliphatic heterocycles. The van der Waals surface area contributed by atoms with Gasteiger partial charge in [0.25, 0.3) is 0 Å². The molecule has 0 spiro atoms. The van der Waals surface area contributed by atoms with Gasteiger partial charge in [0.1, 0.15) is 16.6 Å². The van der Waals surface area contributed by atoms with Crippen molar-refractivity contribution in [2.45, 2.75) is 44.8 Å². The summed E-state index contributed by atoms with van der Waals surface area (Å²) in [5, 5.41) is 4.22. The maximum absolute atomic E-state index is 13.8. The number of hydrogen-bond acceptors (Lipinski definition) is 2. The van der Waals surface area contributed by atoms with E-state index in [0.29, 0.717) is 13.1 Å². The predicted octanol–water partition coefficient (Wildman–Crippen LogP) is 6.51. The van der Waals surface area contributed by atoms with Crippen LogP contribution in [0.5, 0.6) is 0 Å². The smallest absolute Gasteiger partial charge is 0.318 e. The number of halogens is 2. The number of amides is 2. The van der Waals surface area contributed by atoms with Crippen LogP contribution in [-0.4, -0.2) is 15.5 Å². The van der Waals surface area contributed by atoms with Crippen molar-refractivity contribution in [2.24, 2.45) is 0 Å². The van der Waals surface area contributed by atoms with Crippen molar-refractivity contribution < 1.29 is 13.6 Å². The molecule has 0 saturated heterocycles. The molecule has 0 bridgehead atoms. The summed E-state index contributed by atoms with van der Waals surface area (Å²) in [6.45, 7) is 0.765. The highest BCUT2D eigenvalue weighted by Crippen LogP contribution is 2.44. The lowest BCUT2D eigenvalue weighted by molar-refractivity contribution is 0.180. The summed E-state index contributed by atoms with van der Waals surface area (Å²) in [6, 6.07) is 16.0. The highest BCUT2D eigenvalue weighted by Gasteiger charge is 2.36. The quantitative estimate of drug-likeness (QED) is 0.350. The second-order valence-electron chi connectivity index (χ2n) is 9.16. The highest BCUT2D eigenvalue weighted by atomic mass is 32.1. The van der Waals surface area contributed by atoms with Crippen LogP contribution < -0.4 is 5.32 Å². The Morgan fingerprint density at radius 1 is 0.943 bits per heavy atom. The maximum atomic E-state index is 13.8. The summed E-state index contributed by atoms with van der Waals surface area (Å²) in [5.74, 6) is -0.613. The Labute approximate surface area is 206 Å². The van der Waals surface area contributed by atoms with E-state index in [2.05, 4.69) is 16.1 Å². The fourth-order valence-corrected chi connectivity index (χ4v) is 6.67. The second kappa shape index (κ2) is 8.96. The summed E-state index contributed by atoms with van der Waals surface area (Å²) >= 11 is 1.83. The molecule has 0 unspecified atom stereocenters. The molecule has 2 aliphatic rings. The molecule has 1 N–H and O–H groups in total. The van der Waals surface area contributed by atoms with Crippen LogP contribution in [0.25, 0.3) is 5.00 Å². The fraction of sp³-hybridized carbons (Fsp3) is 0.250. The molecule has 2 aromatic carbocycles. The van der Waals surface area contributed by atoms with Crippen molar-refractivity contribution in [3.05, 3.63) is 111 Å². The Bertz CT molecular complexity index is 1370. The van der Waals surface area contributed by atoms with E-state index in [1.54, 1.807) is 24.3 Å². The number of rotatable bonds is 3. The highest BCUT2D eigenvalue weighted by molar-refractivity contribution is 7.15. The standard InChI is InChI=1S/C28H25F2N3OS/c29-20-11-7-18(8-12-20)16-31-28(34)33-17-23-22-4-1-2-6-25(22)35-27(23)32-15-3-5-24(32)26(33)19-9-13-21(30)14-10-19/h3,5,7-15,26H,1-2,4,6,16-17H2,(H,31,34)/t26-/m0/s1. The third-order valence-electron chi connectivity index (χ3n) is 6.98. The summed E-state index contributed by atoms with van der Waals surface area (Å²) in [4.78, 5) is 17.0. The SMILES string of the molecule is O=C(NCc1ccc(F)cc1)N1Cc2c(sc3c2CCCC3)-n2cccc2[C@@H]1c1ccc(F)cc1. The van der Waals surface area contributed by atoms with Crippen LogP contribution in [0.3, 0.4) is 0 Å². The van der Waals surface area contributed by atoms with Gasteiger partial charge in [-0.15, -0.1) is 11.3 Å². The summed E-state index contributed by atoms with van der Waals surface area (Å²) in [6.07, 6.45) is 6.54. The number of carbonyl (C=O) groups is 1. The molecule has 2 aromatic heterocycles. The normalized spacial score (nSPS) is 16.7.